The Labute approximate surface area is 135 Å². The molecular weight excluding hydrogens is 294 g/mol. The van der Waals surface area contributed by atoms with E-state index >= 15 is 0 Å². The van der Waals surface area contributed by atoms with Gasteiger partial charge in [0, 0.05) is 19.6 Å². The molecule has 0 aromatic carbocycles. The zero-order valence-electron chi connectivity index (χ0n) is 13.7. The van der Waals surface area contributed by atoms with Gasteiger partial charge in [0.2, 0.25) is 0 Å². The largest absolute Gasteiger partial charge is 0.361 e. The summed E-state index contributed by atoms with van der Waals surface area (Å²) in [5, 5.41) is 11.1. The maximum Gasteiger partial charge on any atom is 0.256 e. The molecule has 0 radical (unpaired) electrons. The van der Waals surface area contributed by atoms with Gasteiger partial charge < -0.3 is 9.84 Å². The molecule has 1 N–H and O–H groups in total. The maximum absolute atomic E-state index is 12.1. The number of nitrogens with one attached hydrogen (secondary N) is 1. The Hall–Kier alpha value is -2.15. The van der Waals surface area contributed by atoms with Crippen molar-refractivity contribution in [2.45, 2.75) is 46.3 Å². The highest BCUT2D eigenvalue weighted by molar-refractivity contribution is 5.94. The highest BCUT2D eigenvalue weighted by Crippen LogP contribution is 2.14. The molecule has 7 heteroatoms. The first-order chi connectivity index (χ1) is 11.2. The summed E-state index contributed by atoms with van der Waals surface area (Å²) in [6, 6.07) is 2.09. The minimum absolute atomic E-state index is 0.181. The van der Waals surface area contributed by atoms with E-state index < -0.39 is 0 Å². The molecule has 23 heavy (non-hydrogen) atoms. The van der Waals surface area contributed by atoms with E-state index in [9.17, 15) is 4.79 Å². The standard InChI is InChI=1S/C16H23N5O2/c1-3-5-20-6-4-7-21-14(11-20)8-13(19-21)9-17-16(22)15-10-18-23-12(15)2/h8,10H,3-7,9,11H2,1-2H3,(H,17,22). The van der Waals surface area contributed by atoms with Crippen LogP contribution in [0.3, 0.4) is 0 Å². The summed E-state index contributed by atoms with van der Waals surface area (Å²) >= 11 is 0. The Kier molecular flexibility index (Phi) is 4.76. The molecule has 124 valence electrons. The molecule has 2 aromatic rings. The smallest absolute Gasteiger partial charge is 0.256 e. The van der Waals surface area contributed by atoms with Crippen molar-refractivity contribution in [2.24, 2.45) is 0 Å². The molecule has 0 atom stereocenters. The zero-order chi connectivity index (χ0) is 16.2. The molecule has 1 aliphatic rings. The van der Waals surface area contributed by atoms with Crippen LogP contribution in [0.15, 0.2) is 16.8 Å². The van der Waals surface area contributed by atoms with Gasteiger partial charge in [-0.2, -0.15) is 5.10 Å². The molecule has 1 amide bonds. The van der Waals surface area contributed by atoms with Crippen LogP contribution in [0, 0.1) is 6.92 Å². The predicted octanol–water partition coefficient (Wildman–Crippen LogP) is 1.73. The summed E-state index contributed by atoms with van der Waals surface area (Å²) in [5.41, 5.74) is 2.59. The van der Waals surface area contributed by atoms with Crippen molar-refractivity contribution in [3.8, 4) is 0 Å². The van der Waals surface area contributed by atoms with E-state index in [1.165, 1.54) is 11.9 Å². The highest BCUT2D eigenvalue weighted by Gasteiger charge is 2.17. The fraction of sp³-hybridized carbons (Fsp3) is 0.562. The minimum Gasteiger partial charge on any atom is -0.361 e. The molecule has 3 heterocycles. The van der Waals surface area contributed by atoms with Crippen LogP contribution in [0.25, 0.3) is 0 Å². The van der Waals surface area contributed by atoms with Crippen molar-refractivity contribution in [3.63, 3.8) is 0 Å². The Morgan fingerprint density at radius 1 is 1.43 bits per heavy atom. The summed E-state index contributed by atoms with van der Waals surface area (Å²) in [6.45, 7) is 8.45. The van der Waals surface area contributed by atoms with Gasteiger partial charge in [0.1, 0.15) is 11.3 Å². The number of nitrogens with zero attached hydrogens (tertiary/aromatic N) is 4. The number of carbonyl (C=O) groups is 1. The number of hydrogen-bond donors (Lipinski definition) is 1. The van der Waals surface area contributed by atoms with Crippen LogP contribution in [-0.4, -0.2) is 38.8 Å². The van der Waals surface area contributed by atoms with Gasteiger partial charge in [-0.3, -0.25) is 14.4 Å². The number of aryl methyl sites for hydroxylation is 2. The van der Waals surface area contributed by atoms with E-state index in [0.717, 1.165) is 44.7 Å². The lowest BCUT2D eigenvalue weighted by molar-refractivity contribution is 0.0949. The van der Waals surface area contributed by atoms with Crippen LogP contribution in [0.2, 0.25) is 0 Å². The quantitative estimate of drug-likeness (QED) is 0.909. The second-order valence-electron chi connectivity index (χ2n) is 5.96. The Morgan fingerprint density at radius 2 is 2.30 bits per heavy atom. The molecule has 1 aliphatic heterocycles. The normalized spacial score (nSPS) is 15.2. The molecule has 3 rings (SSSR count). The summed E-state index contributed by atoms with van der Waals surface area (Å²) in [7, 11) is 0. The van der Waals surface area contributed by atoms with Gasteiger partial charge in [0.25, 0.3) is 5.91 Å². The first-order valence-corrected chi connectivity index (χ1v) is 8.14. The van der Waals surface area contributed by atoms with Gasteiger partial charge in [-0.15, -0.1) is 0 Å². The van der Waals surface area contributed by atoms with E-state index in [4.69, 9.17) is 4.52 Å². The van der Waals surface area contributed by atoms with E-state index in [1.807, 2.05) is 0 Å². The zero-order valence-corrected chi connectivity index (χ0v) is 13.7. The first kappa shape index (κ1) is 15.7. The van der Waals surface area contributed by atoms with Crippen LogP contribution < -0.4 is 5.32 Å². The van der Waals surface area contributed by atoms with Crippen LogP contribution in [0.4, 0.5) is 0 Å². The fourth-order valence-corrected chi connectivity index (χ4v) is 2.96. The lowest BCUT2D eigenvalue weighted by Gasteiger charge is -2.17. The number of amides is 1. The fourth-order valence-electron chi connectivity index (χ4n) is 2.96. The Balaban J connectivity index is 1.63. The lowest BCUT2D eigenvalue weighted by atomic mass is 10.2. The number of aromatic nitrogens is 3. The number of rotatable bonds is 5. The number of fused-ring (bicyclic) bond motifs is 1. The SMILES string of the molecule is CCCN1CCCn2nc(CNC(=O)c3cnoc3C)cc2C1. The van der Waals surface area contributed by atoms with Crippen molar-refractivity contribution < 1.29 is 9.32 Å². The van der Waals surface area contributed by atoms with Crippen molar-refractivity contribution in [1.29, 1.82) is 0 Å². The molecular formula is C16H23N5O2. The van der Waals surface area contributed by atoms with Gasteiger partial charge in [0.15, 0.2) is 0 Å². The second kappa shape index (κ2) is 6.95. The third-order valence-electron chi connectivity index (χ3n) is 4.11. The summed E-state index contributed by atoms with van der Waals surface area (Å²) < 4.78 is 6.99. The van der Waals surface area contributed by atoms with E-state index in [1.54, 1.807) is 6.92 Å². The number of carbonyl (C=O) groups excluding carboxylic acids is 1. The average Bonchev–Trinajstić information content (AvgIpc) is 3.07. The Morgan fingerprint density at radius 3 is 3.04 bits per heavy atom. The van der Waals surface area contributed by atoms with Crippen LogP contribution in [0.1, 0.15) is 47.3 Å². The monoisotopic (exact) mass is 317 g/mol. The predicted molar refractivity (Wildman–Crippen MR) is 84.8 cm³/mol. The lowest BCUT2D eigenvalue weighted by Crippen LogP contribution is -2.24. The first-order valence-electron chi connectivity index (χ1n) is 8.14. The number of hydrogen-bond acceptors (Lipinski definition) is 5. The minimum atomic E-state index is -0.181. The van der Waals surface area contributed by atoms with E-state index in [0.29, 0.717) is 17.9 Å². The van der Waals surface area contributed by atoms with Gasteiger partial charge >= 0.3 is 0 Å². The molecule has 0 unspecified atom stereocenters. The topological polar surface area (TPSA) is 76.2 Å². The Bertz CT molecular complexity index is 676. The molecule has 0 fully saturated rings. The third kappa shape index (κ3) is 3.61. The molecule has 0 bridgehead atoms. The molecule has 7 nitrogen and oxygen atoms in total. The summed E-state index contributed by atoms with van der Waals surface area (Å²) in [6.07, 6.45) is 3.71. The van der Waals surface area contributed by atoms with Gasteiger partial charge in [-0.05, 0) is 32.4 Å². The second-order valence-corrected chi connectivity index (χ2v) is 5.96. The molecule has 0 saturated carbocycles. The van der Waals surface area contributed by atoms with Gasteiger partial charge in [-0.1, -0.05) is 12.1 Å². The van der Waals surface area contributed by atoms with Gasteiger partial charge in [-0.25, -0.2) is 0 Å². The van der Waals surface area contributed by atoms with Crippen molar-refractivity contribution >= 4 is 5.91 Å². The highest BCUT2D eigenvalue weighted by atomic mass is 16.5. The van der Waals surface area contributed by atoms with Gasteiger partial charge in [0.05, 0.1) is 24.1 Å². The van der Waals surface area contributed by atoms with Crippen LogP contribution in [0.5, 0.6) is 0 Å². The van der Waals surface area contributed by atoms with Crippen molar-refractivity contribution in [2.75, 3.05) is 13.1 Å². The van der Waals surface area contributed by atoms with Crippen LogP contribution in [-0.2, 0) is 19.6 Å². The molecule has 0 aliphatic carbocycles. The molecule has 2 aromatic heterocycles. The third-order valence-corrected chi connectivity index (χ3v) is 4.11. The maximum atomic E-state index is 12.1. The summed E-state index contributed by atoms with van der Waals surface area (Å²) in [4.78, 5) is 14.5. The molecule has 0 spiro atoms. The average molecular weight is 317 g/mol. The van der Waals surface area contributed by atoms with Crippen molar-refractivity contribution in [3.05, 3.63) is 35.0 Å². The van der Waals surface area contributed by atoms with Crippen LogP contribution >= 0.6 is 0 Å². The summed E-state index contributed by atoms with van der Waals surface area (Å²) in [5.74, 6) is 0.345. The van der Waals surface area contributed by atoms with E-state index in [-0.39, 0.29) is 5.91 Å². The molecule has 0 saturated heterocycles. The van der Waals surface area contributed by atoms with Crippen molar-refractivity contribution in [1.82, 2.24) is 25.2 Å². The van der Waals surface area contributed by atoms with E-state index in [2.05, 4.69) is 38.1 Å².